The van der Waals surface area contributed by atoms with Crippen LogP contribution in [0.25, 0.3) is 0 Å². The van der Waals surface area contributed by atoms with E-state index in [0.717, 1.165) is 0 Å². The normalized spacial score (nSPS) is 9.91. The van der Waals surface area contributed by atoms with Crippen molar-refractivity contribution in [3.63, 3.8) is 0 Å². The van der Waals surface area contributed by atoms with E-state index in [1.54, 1.807) is 48.5 Å². The second-order valence-electron chi connectivity index (χ2n) is 4.39. The Kier molecular flexibility index (Phi) is 5.11. The third-order valence-electron chi connectivity index (χ3n) is 2.83. The van der Waals surface area contributed by atoms with Crippen LogP contribution >= 0.6 is 0 Å². The molecular weight excluding hydrogens is 284 g/mol. The minimum Gasteiger partial charge on any atom is -0.465 e. The number of hydrogen-bond acceptors (Lipinski definition) is 5. The summed E-state index contributed by atoms with van der Waals surface area (Å²) in [5.41, 5.74) is 6.32. The maximum atomic E-state index is 11.3. The van der Waals surface area contributed by atoms with Crippen molar-refractivity contribution in [3.05, 3.63) is 54.1 Å². The van der Waals surface area contributed by atoms with E-state index in [1.165, 1.54) is 7.11 Å². The zero-order valence-electron chi connectivity index (χ0n) is 12.0. The fourth-order valence-electron chi connectivity index (χ4n) is 1.73. The summed E-state index contributed by atoms with van der Waals surface area (Å²) in [7, 11) is 1.33. The van der Waals surface area contributed by atoms with Crippen molar-refractivity contribution in [2.75, 3.05) is 19.0 Å². The highest BCUT2D eigenvalue weighted by Crippen LogP contribution is 2.23. The summed E-state index contributed by atoms with van der Waals surface area (Å²) in [6.07, 6.45) is 0. The van der Waals surface area contributed by atoms with Crippen molar-refractivity contribution in [3.8, 4) is 11.5 Å². The minimum absolute atomic E-state index is 0.0647. The number of carbonyl (C=O) groups is 2. The smallest absolute Gasteiger partial charge is 0.337 e. The zero-order chi connectivity index (χ0) is 15.9. The molecule has 0 heterocycles. The predicted octanol–water partition coefficient (Wildman–Crippen LogP) is 2.16. The summed E-state index contributed by atoms with van der Waals surface area (Å²) in [6.45, 7) is -0.0647. The summed E-state index contributed by atoms with van der Waals surface area (Å²) in [6, 6.07) is 13.5. The van der Waals surface area contributed by atoms with E-state index < -0.39 is 5.97 Å². The van der Waals surface area contributed by atoms with Gasteiger partial charge in [0.25, 0.3) is 0 Å². The lowest BCUT2D eigenvalue weighted by molar-refractivity contribution is -0.114. The van der Waals surface area contributed by atoms with Gasteiger partial charge in [-0.3, -0.25) is 4.79 Å². The number of nitrogens with one attached hydrogen (secondary N) is 1. The van der Waals surface area contributed by atoms with Crippen LogP contribution in [0.5, 0.6) is 11.5 Å². The first-order valence-electron chi connectivity index (χ1n) is 6.58. The molecule has 1 amide bonds. The number of amides is 1. The van der Waals surface area contributed by atoms with Gasteiger partial charge in [0.05, 0.1) is 19.2 Å². The number of methoxy groups -OCH3 is 1. The Morgan fingerprint density at radius 2 is 1.55 bits per heavy atom. The molecule has 0 fully saturated rings. The monoisotopic (exact) mass is 300 g/mol. The number of hydrogen-bond donors (Lipinski definition) is 2. The van der Waals surface area contributed by atoms with Gasteiger partial charge in [0.15, 0.2) is 0 Å². The standard InChI is InChI=1S/C16H16N2O4/c1-21-16(20)11-2-6-13(7-3-11)22-14-8-4-12(5-9-14)18-15(19)10-17/h2-9H,10,17H2,1H3,(H,18,19). The topological polar surface area (TPSA) is 90.6 Å². The molecule has 114 valence electrons. The van der Waals surface area contributed by atoms with E-state index in [1.807, 2.05) is 0 Å². The molecule has 6 nitrogen and oxygen atoms in total. The van der Waals surface area contributed by atoms with Gasteiger partial charge in [0.2, 0.25) is 5.91 Å². The van der Waals surface area contributed by atoms with Crippen molar-refractivity contribution in [2.24, 2.45) is 5.73 Å². The van der Waals surface area contributed by atoms with Crippen LogP contribution in [0.3, 0.4) is 0 Å². The van der Waals surface area contributed by atoms with Crippen LogP contribution in [-0.2, 0) is 9.53 Å². The van der Waals surface area contributed by atoms with Crippen LogP contribution < -0.4 is 15.8 Å². The quantitative estimate of drug-likeness (QED) is 0.826. The van der Waals surface area contributed by atoms with Crippen molar-refractivity contribution < 1.29 is 19.1 Å². The highest BCUT2D eigenvalue weighted by molar-refractivity contribution is 5.92. The Balaban J connectivity index is 2.01. The summed E-state index contributed by atoms with van der Waals surface area (Å²) < 4.78 is 10.3. The minimum atomic E-state index is -0.397. The highest BCUT2D eigenvalue weighted by atomic mass is 16.5. The number of ether oxygens (including phenoxy) is 2. The predicted molar refractivity (Wildman–Crippen MR) is 82.0 cm³/mol. The van der Waals surface area contributed by atoms with Gasteiger partial charge in [-0.2, -0.15) is 0 Å². The molecule has 0 aliphatic heterocycles. The van der Waals surface area contributed by atoms with Crippen molar-refractivity contribution in [2.45, 2.75) is 0 Å². The van der Waals surface area contributed by atoms with Crippen molar-refractivity contribution >= 4 is 17.6 Å². The summed E-state index contributed by atoms with van der Waals surface area (Å²) in [5.74, 6) is 0.543. The first-order valence-corrected chi connectivity index (χ1v) is 6.58. The summed E-state index contributed by atoms with van der Waals surface area (Å²) >= 11 is 0. The Bertz CT molecular complexity index is 651. The maximum absolute atomic E-state index is 11.3. The van der Waals surface area contributed by atoms with Gasteiger partial charge in [-0.1, -0.05) is 0 Å². The molecule has 0 spiro atoms. The lowest BCUT2D eigenvalue weighted by atomic mass is 10.2. The Morgan fingerprint density at radius 3 is 2.05 bits per heavy atom. The number of carbonyl (C=O) groups excluding carboxylic acids is 2. The van der Waals surface area contributed by atoms with Crippen molar-refractivity contribution in [1.29, 1.82) is 0 Å². The second-order valence-corrected chi connectivity index (χ2v) is 4.39. The second kappa shape index (κ2) is 7.24. The molecule has 6 heteroatoms. The molecule has 0 saturated heterocycles. The molecule has 0 radical (unpaired) electrons. The van der Waals surface area contributed by atoms with Crippen LogP contribution in [0.15, 0.2) is 48.5 Å². The van der Waals surface area contributed by atoms with E-state index in [0.29, 0.717) is 22.7 Å². The highest BCUT2D eigenvalue weighted by Gasteiger charge is 2.05. The molecule has 0 aliphatic rings. The van der Waals surface area contributed by atoms with E-state index in [2.05, 4.69) is 10.1 Å². The first-order chi connectivity index (χ1) is 10.6. The van der Waals surface area contributed by atoms with Gasteiger partial charge >= 0.3 is 5.97 Å². The SMILES string of the molecule is COC(=O)c1ccc(Oc2ccc(NC(=O)CN)cc2)cc1. The van der Waals surface area contributed by atoms with Gasteiger partial charge in [-0.15, -0.1) is 0 Å². The molecule has 2 aromatic rings. The lowest BCUT2D eigenvalue weighted by Gasteiger charge is -2.08. The van der Waals surface area contributed by atoms with E-state index in [9.17, 15) is 9.59 Å². The Labute approximate surface area is 127 Å². The van der Waals surface area contributed by atoms with Crippen molar-refractivity contribution in [1.82, 2.24) is 0 Å². The van der Waals surface area contributed by atoms with Crippen LogP contribution in [0.1, 0.15) is 10.4 Å². The first kappa shape index (κ1) is 15.5. The lowest BCUT2D eigenvalue weighted by Crippen LogP contribution is -2.21. The molecule has 2 rings (SSSR count). The fourth-order valence-corrected chi connectivity index (χ4v) is 1.73. The zero-order valence-corrected chi connectivity index (χ0v) is 12.0. The van der Waals surface area contributed by atoms with Gasteiger partial charge in [-0.25, -0.2) is 4.79 Å². The van der Waals surface area contributed by atoms with E-state index in [4.69, 9.17) is 10.5 Å². The number of benzene rings is 2. The van der Waals surface area contributed by atoms with Crippen LogP contribution in [0.2, 0.25) is 0 Å². The van der Waals surface area contributed by atoms with Crippen LogP contribution in [0, 0.1) is 0 Å². The van der Waals surface area contributed by atoms with E-state index >= 15 is 0 Å². The molecule has 2 aromatic carbocycles. The molecule has 22 heavy (non-hydrogen) atoms. The molecule has 0 unspecified atom stereocenters. The third kappa shape index (κ3) is 4.07. The van der Waals surface area contributed by atoms with Gasteiger partial charge in [-0.05, 0) is 48.5 Å². The van der Waals surface area contributed by atoms with Gasteiger partial charge in [0, 0.05) is 5.69 Å². The number of rotatable bonds is 5. The molecule has 0 saturated carbocycles. The van der Waals surface area contributed by atoms with E-state index in [-0.39, 0.29) is 12.5 Å². The molecular formula is C16H16N2O4. The molecule has 0 bridgehead atoms. The maximum Gasteiger partial charge on any atom is 0.337 e. The third-order valence-corrected chi connectivity index (χ3v) is 2.83. The van der Waals surface area contributed by atoms with Crippen LogP contribution in [0.4, 0.5) is 5.69 Å². The summed E-state index contributed by atoms with van der Waals surface area (Å²) in [5, 5.41) is 2.64. The van der Waals surface area contributed by atoms with Gasteiger partial charge in [0.1, 0.15) is 11.5 Å². The average Bonchev–Trinajstić information content (AvgIpc) is 2.56. The number of anilines is 1. The largest absolute Gasteiger partial charge is 0.465 e. The number of nitrogens with two attached hydrogens (primary N) is 1. The molecule has 3 N–H and O–H groups in total. The molecule has 0 atom stereocenters. The van der Waals surface area contributed by atoms with Gasteiger partial charge < -0.3 is 20.5 Å². The molecule has 0 aromatic heterocycles. The molecule has 0 aliphatic carbocycles. The fraction of sp³-hybridized carbons (Fsp3) is 0.125. The van der Waals surface area contributed by atoms with Crippen LogP contribution in [-0.4, -0.2) is 25.5 Å². The average molecular weight is 300 g/mol. The summed E-state index contributed by atoms with van der Waals surface area (Å²) in [4.78, 5) is 22.5. The Hall–Kier alpha value is -2.86. The number of esters is 1. The Morgan fingerprint density at radius 1 is 1.00 bits per heavy atom.